The van der Waals surface area contributed by atoms with E-state index in [0.29, 0.717) is 36.7 Å². The van der Waals surface area contributed by atoms with Crippen molar-refractivity contribution in [2.45, 2.75) is 26.7 Å². The number of benzene rings is 2. The van der Waals surface area contributed by atoms with Gasteiger partial charge in [0.2, 0.25) is 0 Å². The van der Waals surface area contributed by atoms with E-state index >= 15 is 0 Å². The number of nitrogens with one attached hydrogen (secondary N) is 1. The van der Waals surface area contributed by atoms with Crippen molar-refractivity contribution in [1.29, 1.82) is 0 Å². The molecular formula is C27H33BrFN3O5. The van der Waals surface area contributed by atoms with E-state index < -0.39 is 16.7 Å². The van der Waals surface area contributed by atoms with Crippen LogP contribution in [0.25, 0.3) is 5.57 Å². The summed E-state index contributed by atoms with van der Waals surface area (Å²) in [7, 11) is 4.88. The van der Waals surface area contributed by atoms with Crippen LogP contribution in [0, 0.1) is 21.8 Å². The van der Waals surface area contributed by atoms with Crippen molar-refractivity contribution in [3.63, 3.8) is 0 Å². The van der Waals surface area contributed by atoms with Crippen LogP contribution in [-0.4, -0.2) is 50.1 Å². The smallest absolute Gasteiger partial charge is 0.337 e. The lowest BCUT2D eigenvalue weighted by molar-refractivity contribution is -0.384. The zero-order valence-electron chi connectivity index (χ0n) is 21.7. The van der Waals surface area contributed by atoms with Gasteiger partial charge >= 0.3 is 5.97 Å². The van der Waals surface area contributed by atoms with Crippen molar-refractivity contribution in [1.82, 2.24) is 4.90 Å². The molecule has 10 heteroatoms. The molecule has 0 aliphatic carbocycles. The third-order valence-corrected chi connectivity index (χ3v) is 6.02. The molecule has 0 amide bonds. The fourth-order valence-electron chi connectivity index (χ4n) is 3.66. The normalized spacial score (nSPS) is 12.6. The van der Waals surface area contributed by atoms with Gasteiger partial charge in [0.15, 0.2) is 5.88 Å². The van der Waals surface area contributed by atoms with E-state index in [0.717, 1.165) is 10.9 Å². The van der Waals surface area contributed by atoms with E-state index in [9.17, 15) is 19.3 Å². The summed E-state index contributed by atoms with van der Waals surface area (Å²) in [6.45, 7) is 4.81. The lowest BCUT2D eigenvalue weighted by Gasteiger charge is -2.22. The molecule has 0 bridgehead atoms. The maximum atomic E-state index is 14.8. The molecule has 1 atom stereocenters. The molecule has 1 unspecified atom stereocenters. The summed E-state index contributed by atoms with van der Waals surface area (Å²) in [6, 6.07) is 8.87. The first-order chi connectivity index (χ1) is 17.6. The highest BCUT2D eigenvalue weighted by Gasteiger charge is 2.18. The topological polar surface area (TPSA) is 93.9 Å². The minimum absolute atomic E-state index is 0.0273. The van der Waals surface area contributed by atoms with E-state index in [2.05, 4.69) is 28.2 Å². The molecule has 2 rings (SSSR count). The van der Waals surface area contributed by atoms with Crippen LogP contribution in [0.5, 0.6) is 0 Å². The molecule has 0 saturated heterocycles. The number of nitro groups is 1. The summed E-state index contributed by atoms with van der Waals surface area (Å²) in [5, 5.41) is 14.4. The molecule has 0 heterocycles. The second kappa shape index (κ2) is 14.4. The molecule has 37 heavy (non-hydrogen) atoms. The first-order valence-electron chi connectivity index (χ1n) is 11.8. The molecule has 2 aromatic carbocycles. The number of anilines is 1. The summed E-state index contributed by atoms with van der Waals surface area (Å²) in [5.41, 5.74) is 1.48. The van der Waals surface area contributed by atoms with Crippen molar-refractivity contribution in [2.75, 3.05) is 39.7 Å². The Labute approximate surface area is 225 Å². The van der Waals surface area contributed by atoms with E-state index in [-0.39, 0.29) is 22.7 Å². The number of hydrogen-bond acceptors (Lipinski definition) is 7. The summed E-state index contributed by atoms with van der Waals surface area (Å²) >= 11 is 3.35. The van der Waals surface area contributed by atoms with Crippen LogP contribution in [0.1, 0.15) is 42.6 Å². The van der Waals surface area contributed by atoms with Gasteiger partial charge in [-0.1, -0.05) is 35.0 Å². The van der Waals surface area contributed by atoms with Crippen molar-refractivity contribution in [3.8, 4) is 0 Å². The molecule has 2 aromatic rings. The van der Waals surface area contributed by atoms with Crippen molar-refractivity contribution in [3.05, 3.63) is 86.0 Å². The number of carbonyl (C=O) groups is 1. The van der Waals surface area contributed by atoms with Crippen LogP contribution < -0.4 is 5.32 Å². The van der Waals surface area contributed by atoms with Crippen molar-refractivity contribution >= 4 is 38.8 Å². The van der Waals surface area contributed by atoms with Gasteiger partial charge in [-0.3, -0.25) is 10.1 Å². The fourth-order valence-corrected chi connectivity index (χ4v) is 4.02. The number of carbonyl (C=O) groups excluding carboxylic acids is 1. The maximum absolute atomic E-state index is 14.8. The van der Waals surface area contributed by atoms with Crippen molar-refractivity contribution < 1.29 is 23.6 Å². The molecule has 0 radical (unpaired) electrons. The van der Waals surface area contributed by atoms with Crippen LogP contribution in [0.3, 0.4) is 0 Å². The minimum atomic E-state index is -0.552. The Bertz CT molecular complexity index is 1170. The van der Waals surface area contributed by atoms with Gasteiger partial charge in [-0.05, 0) is 56.0 Å². The quantitative estimate of drug-likeness (QED) is 0.0712. The number of hydrogen-bond donors (Lipinski definition) is 1. The number of rotatable bonds is 13. The maximum Gasteiger partial charge on any atom is 0.337 e. The molecule has 0 spiro atoms. The Balaban J connectivity index is 2.09. The van der Waals surface area contributed by atoms with Crippen LogP contribution in [0.2, 0.25) is 0 Å². The van der Waals surface area contributed by atoms with Gasteiger partial charge in [0, 0.05) is 42.3 Å². The predicted molar refractivity (Wildman–Crippen MR) is 147 cm³/mol. The monoisotopic (exact) mass is 577 g/mol. The van der Waals surface area contributed by atoms with Gasteiger partial charge in [0.1, 0.15) is 11.5 Å². The van der Waals surface area contributed by atoms with Crippen molar-refractivity contribution in [2.24, 2.45) is 5.92 Å². The van der Waals surface area contributed by atoms with Gasteiger partial charge in [0.05, 0.1) is 24.2 Å². The second-order valence-electron chi connectivity index (χ2n) is 8.69. The average molecular weight is 578 g/mol. The molecular weight excluding hydrogens is 545 g/mol. The summed E-state index contributed by atoms with van der Waals surface area (Å²) < 4.78 is 26.4. The van der Waals surface area contributed by atoms with E-state index in [1.807, 2.05) is 6.92 Å². The molecule has 0 aliphatic heterocycles. The lowest BCUT2D eigenvalue weighted by atomic mass is 10.0. The van der Waals surface area contributed by atoms with E-state index in [1.54, 1.807) is 43.3 Å². The number of ether oxygens (including phenoxy) is 2. The molecule has 200 valence electrons. The van der Waals surface area contributed by atoms with Gasteiger partial charge in [-0.2, -0.15) is 0 Å². The Hall–Kier alpha value is -3.40. The van der Waals surface area contributed by atoms with Crippen LogP contribution in [0.15, 0.2) is 58.9 Å². The standard InChI is InChI=1S/C27H33BrFN3O5/c1-6-8-21(22-15-19(27(33)36-5)10-12-23(22)29)26(31(3)4)37-14-7-9-18(2)17-30-24-16-20(28)11-13-25(24)32(34)35/h6,8,10-13,15-16,18,30H,7,9,14,17H2,1-5H3/b8-6-,26-21-. The first-order valence-corrected chi connectivity index (χ1v) is 12.6. The molecule has 0 saturated carbocycles. The third-order valence-electron chi connectivity index (χ3n) is 5.52. The van der Waals surface area contributed by atoms with Gasteiger partial charge < -0.3 is 19.7 Å². The Morgan fingerprint density at radius 3 is 2.62 bits per heavy atom. The summed E-state index contributed by atoms with van der Waals surface area (Å²) in [6.07, 6.45) is 5.04. The molecule has 0 fully saturated rings. The number of methoxy groups -OCH3 is 1. The number of nitrogens with zero attached hydrogens (tertiary/aromatic N) is 2. The minimum Gasteiger partial charge on any atom is -0.479 e. The average Bonchev–Trinajstić information content (AvgIpc) is 2.86. The highest BCUT2D eigenvalue weighted by molar-refractivity contribution is 9.10. The molecule has 8 nitrogen and oxygen atoms in total. The number of esters is 1. The predicted octanol–water partition coefficient (Wildman–Crippen LogP) is 6.63. The number of nitro benzene ring substituents is 1. The van der Waals surface area contributed by atoms with E-state index in [1.165, 1.54) is 31.4 Å². The van der Waals surface area contributed by atoms with Crippen LogP contribution >= 0.6 is 15.9 Å². The zero-order valence-corrected chi connectivity index (χ0v) is 23.3. The first kappa shape index (κ1) is 29.8. The van der Waals surface area contributed by atoms with Gasteiger partial charge in [-0.25, -0.2) is 9.18 Å². The molecule has 0 aromatic heterocycles. The Morgan fingerprint density at radius 2 is 2.00 bits per heavy atom. The highest BCUT2D eigenvalue weighted by atomic mass is 79.9. The highest BCUT2D eigenvalue weighted by Crippen LogP contribution is 2.29. The summed E-state index contributed by atoms with van der Waals surface area (Å²) in [5.74, 6) is -0.345. The number of allylic oxidation sites excluding steroid dienone is 3. The Morgan fingerprint density at radius 1 is 1.27 bits per heavy atom. The summed E-state index contributed by atoms with van der Waals surface area (Å²) in [4.78, 5) is 24.6. The third kappa shape index (κ3) is 8.59. The van der Waals surface area contributed by atoms with E-state index in [4.69, 9.17) is 9.47 Å². The van der Waals surface area contributed by atoms with Crippen LogP contribution in [-0.2, 0) is 9.47 Å². The molecule has 1 N–H and O–H groups in total. The lowest BCUT2D eigenvalue weighted by Crippen LogP contribution is -2.18. The largest absolute Gasteiger partial charge is 0.479 e. The molecule has 0 aliphatic rings. The van der Waals surface area contributed by atoms with Crippen LogP contribution in [0.4, 0.5) is 15.8 Å². The SMILES string of the molecule is C/C=C\C(=C(\OCCCC(C)CNc1cc(Br)ccc1[N+](=O)[O-])N(C)C)c1cc(C(=O)OC)ccc1F. The van der Waals surface area contributed by atoms with Gasteiger partial charge in [0.25, 0.3) is 5.69 Å². The second-order valence-corrected chi connectivity index (χ2v) is 9.61. The van der Waals surface area contributed by atoms with Gasteiger partial charge in [-0.15, -0.1) is 0 Å². The fraction of sp³-hybridized carbons (Fsp3) is 0.370. The number of halogens is 2. The zero-order chi connectivity index (χ0) is 27.5. The Kier molecular flexibility index (Phi) is 11.6.